The van der Waals surface area contributed by atoms with Crippen LogP contribution in [0.1, 0.15) is 39.2 Å². The lowest BCUT2D eigenvalue weighted by atomic mass is 10.2. The Morgan fingerprint density at radius 2 is 2.05 bits per heavy atom. The van der Waals surface area contributed by atoms with Gasteiger partial charge in [0.2, 0.25) is 0 Å². The van der Waals surface area contributed by atoms with Crippen LogP contribution in [-0.4, -0.2) is 19.2 Å². The zero-order valence-electron chi connectivity index (χ0n) is 12.3. The third-order valence-electron chi connectivity index (χ3n) is 2.91. The number of halogens is 1. The highest BCUT2D eigenvalue weighted by atomic mass is 79.9. The Morgan fingerprint density at radius 3 is 2.68 bits per heavy atom. The van der Waals surface area contributed by atoms with E-state index >= 15 is 0 Å². The van der Waals surface area contributed by atoms with Crippen molar-refractivity contribution in [2.24, 2.45) is 5.92 Å². The number of benzene rings is 1. The van der Waals surface area contributed by atoms with Gasteiger partial charge in [-0.15, -0.1) is 0 Å². The molecule has 0 aliphatic heterocycles. The fourth-order valence-corrected chi connectivity index (χ4v) is 2.39. The molecule has 1 aromatic carbocycles. The van der Waals surface area contributed by atoms with Crippen LogP contribution in [0.3, 0.4) is 0 Å². The van der Waals surface area contributed by atoms with Crippen molar-refractivity contribution in [1.29, 1.82) is 0 Å². The largest absolute Gasteiger partial charge is 0.372 e. The van der Waals surface area contributed by atoms with Gasteiger partial charge < -0.3 is 10.1 Å². The quantitative estimate of drug-likeness (QED) is 0.726. The maximum absolute atomic E-state index is 6.02. The normalized spacial score (nSPS) is 12.9. The topological polar surface area (TPSA) is 21.3 Å². The van der Waals surface area contributed by atoms with Crippen molar-refractivity contribution in [2.75, 3.05) is 13.1 Å². The predicted octanol–water partition coefficient (Wildman–Crippen LogP) is 4.38. The Labute approximate surface area is 126 Å². The fraction of sp³-hybridized carbons (Fsp3) is 0.625. The molecule has 0 saturated heterocycles. The minimum atomic E-state index is 0.308. The minimum absolute atomic E-state index is 0.308. The van der Waals surface area contributed by atoms with Crippen LogP contribution in [0, 0.1) is 5.92 Å². The molecule has 2 nitrogen and oxygen atoms in total. The van der Waals surface area contributed by atoms with E-state index in [1.54, 1.807) is 0 Å². The summed E-state index contributed by atoms with van der Waals surface area (Å²) in [7, 11) is 0. The van der Waals surface area contributed by atoms with Crippen molar-refractivity contribution in [3.63, 3.8) is 0 Å². The van der Waals surface area contributed by atoms with Crippen LogP contribution in [0.25, 0.3) is 0 Å². The van der Waals surface area contributed by atoms with Crippen LogP contribution in [0.4, 0.5) is 0 Å². The van der Waals surface area contributed by atoms with Crippen molar-refractivity contribution in [3.8, 4) is 0 Å². The van der Waals surface area contributed by atoms with E-state index in [4.69, 9.17) is 4.74 Å². The maximum atomic E-state index is 6.02. The van der Waals surface area contributed by atoms with E-state index in [0.717, 1.165) is 30.4 Å². The molecule has 0 bridgehead atoms. The van der Waals surface area contributed by atoms with Gasteiger partial charge in [-0.3, -0.25) is 0 Å². The molecule has 0 aliphatic rings. The Bertz CT molecular complexity index is 354. The molecule has 0 radical (unpaired) electrons. The molecular weight excluding hydrogens is 302 g/mol. The second-order valence-corrected chi connectivity index (χ2v) is 6.32. The van der Waals surface area contributed by atoms with Gasteiger partial charge >= 0.3 is 0 Å². The molecule has 0 heterocycles. The summed E-state index contributed by atoms with van der Waals surface area (Å²) in [5.41, 5.74) is 1.22. The zero-order valence-corrected chi connectivity index (χ0v) is 13.9. The molecule has 1 rings (SSSR count). The van der Waals surface area contributed by atoms with Crippen LogP contribution < -0.4 is 5.32 Å². The van der Waals surface area contributed by atoms with E-state index in [-0.39, 0.29) is 0 Å². The lowest BCUT2D eigenvalue weighted by molar-refractivity contribution is 0.0345. The molecule has 108 valence electrons. The van der Waals surface area contributed by atoms with E-state index < -0.39 is 0 Å². The lowest BCUT2D eigenvalue weighted by Gasteiger charge is -2.19. The lowest BCUT2D eigenvalue weighted by Crippen LogP contribution is -2.31. The average Bonchev–Trinajstić information content (AvgIpc) is 2.35. The number of hydrogen-bond acceptors (Lipinski definition) is 2. The summed E-state index contributed by atoms with van der Waals surface area (Å²) in [6.45, 7) is 9.35. The summed E-state index contributed by atoms with van der Waals surface area (Å²) in [5.74, 6) is 0.687. The van der Waals surface area contributed by atoms with Crippen molar-refractivity contribution in [3.05, 3.63) is 34.3 Å². The Hall–Kier alpha value is -0.380. The van der Waals surface area contributed by atoms with Gasteiger partial charge in [0.15, 0.2) is 0 Å². The Balaban J connectivity index is 2.36. The van der Waals surface area contributed by atoms with Crippen molar-refractivity contribution in [1.82, 2.24) is 5.32 Å². The summed E-state index contributed by atoms with van der Waals surface area (Å²) in [6, 6.07) is 8.31. The van der Waals surface area contributed by atoms with Crippen molar-refractivity contribution in [2.45, 2.75) is 46.3 Å². The Kier molecular flexibility index (Phi) is 8.35. The summed E-state index contributed by atoms with van der Waals surface area (Å²) >= 11 is 3.49. The van der Waals surface area contributed by atoms with Crippen molar-refractivity contribution < 1.29 is 4.74 Å². The highest BCUT2D eigenvalue weighted by molar-refractivity contribution is 9.10. The SMILES string of the molecule is CCCC(CNCC(C)C)OCc1cccc(Br)c1. The first kappa shape index (κ1) is 16.7. The molecule has 3 heteroatoms. The highest BCUT2D eigenvalue weighted by Crippen LogP contribution is 2.14. The smallest absolute Gasteiger partial charge is 0.0721 e. The summed E-state index contributed by atoms with van der Waals surface area (Å²) in [5, 5.41) is 3.48. The third-order valence-corrected chi connectivity index (χ3v) is 3.40. The van der Waals surface area contributed by atoms with Gasteiger partial charge in [-0.2, -0.15) is 0 Å². The molecule has 19 heavy (non-hydrogen) atoms. The fourth-order valence-electron chi connectivity index (χ4n) is 1.94. The molecule has 1 atom stereocenters. The van der Waals surface area contributed by atoms with Crippen LogP contribution in [0.2, 0.25) is 0 Å². The van der Waals surface area contributed by atoms with Gasteiger partial charge in [-0.1, -0.05) is 55.3 Å². The van der Waals surface area contributed by atoms with E-state index in [1.165, 1.54) is 5.56 Å². The predicted molar refractivity (Wildman–Crippen MR) is 85.3 cm³/mol. The number of ether oxygens (including phenoxy) is 1. The van der Waals surface area contributed by atoms with Gasteiger partial charge in [-0.05, 0) is 36.6 Å². The van der Waals surface area contributed by atoms with Crippen LogP contribution in [-0.2, 0) is 11.3 Å². The second kappa shape index (κ2) is 9.51. The van der Waals surface area contributed by atoms with Gasteiger partial charge in [0.25, 0.3) is 0 Å². The number of rotatable bonds is 9. The molecule has 1 aromatic rings. The molecule has 0 amide bonds. The molecule has 0 aliphatic carbocycles. The van der Waals surface area contributed by atoms with E-state index in [0.29, 0.717) is 18.6 Å². The first-order valence-electron chi connectivity index (χ1n) is 7.18. The monoisotopic (exact) mass is 327 g/mol. The molecule has 0 fully saturated rings. The molecule has 1 N–H and O–H groups in total. The molecule has 1 unspecified atom stereocenters. The van der Waals surface area contributed by atoms with Crippen LogP contribution in [0.5, 0.6) is 0 Å². The first-order chi connectivity index (χ1) is 9.11. The van der Waals surface area contributed by atoms with E-state index in [2.05, 4.69) is 60.2 Å². The van der Waals surface area contributed by atoms with Crippen LogP contribution >= 0.6 is 15.9 Å². The first-order valence-corrected chi connectivity index (χ1v) is 7.97. The maximum Gasteiger partial charge on any atom is 0.0721 e. The van der Waals surface area contributed by atoms with E-state index in [9.17, 15) is 0 Å². The summed E-state index contributed by atoms with van der Waals surface area (Å²) in [4.78, 5) is 0. The minimum Gasteiger partial charge on any atom is -0.372 e. The standard InChI is InChI=1S/C16H26BrNO/c1-4-6-16(11-18-10-13(2)3)19-12-14-7-5-8-15(17)9-14/h5,7-9,13,16,18H,4,6,10-12H2,1-3H3. The molecular formula is C16H26BrNO. The highest BCUT2D eigenvalue weighted by Gasteiger charge is 2.08. The van der Waals surface area contributed by atoms with E-state index in [1.807, 2.05) is 6.07 Å². The third kappa shape index (κ3) is 7.71. The van der Waals surface area contributed by atoms with Gasteiger partial charge in [0, 0.05) is 11.0 Å². The van der Waals surface area contributed by atoms with Crippen LogP contribution in [0.15, 0.2) is 28.7 Å². The van der Waals surface area contributed by atoms with Gasteiger partial charge in [0.1, 0.15) is 0 Å². The summed E-state index contributed by atoms with van der Waals surface area (Å²) < 4.78 is 7.13. The number of nitrogens with one attached hydrogen (secondary N) is 1. The van der Waals surface area contributed by atoms with Gasteiger partial charge in [-0.25, -0.2) is 0 Å². The Morgan fingerprint density at radius 1 is 1.26 bits per heavy atom. The number of hydrogen-bond donors (Lipinski definition) is 1. The average molecular weight is 328 g/mol. The molecule has 0 saturated carbocycles. The zero-order chi connectivity index (χ0) is 14.1. The summed E-state index contributed by atoms with van der Waals surface area (Å²) in [6.07, 6.45) is 2.58. The van der Waals surface area contributed by atoms with Gasteiger partial charge in [0.05, 0.1) is 12.7 Å². The second-order valence-electron chi connectivity index (χ2n) is 5.40. The molecule has 0 aromatic heterocycles. The van der Waals surface area contributed by atoms with Crippen molar-refractivity contribution >= 4 is 15.9 Å². The molecule has 0 spiro atoms.